The number of carbonyl (C=O) groups is 2. The number of anilines is 1. The molecule has 3 amide bonds. The molecule has 176 valence electrons. The summed E-state index contributed by atoms with van der Waals surface area (Å²) >= 11 is 12.2. The molecule has 1 unspecified atom stereocenters. The second-order valence-electron chi connectivity index (χ2n) is 8.45. The Bertz CT molecular complexity index is 1200. The standard InChI is InChI=1S/C26H26Cl2N4O2/c1-16(17-5-3-2-4-6-17)30-26(34)31-22-10-8-19-14-32(15-20(19)11-22)25(33)24(29)12-18-7-9-21(27)13-23(18)28/h2-11,13,16,24H,12,14-15,29H2,1H3,(H2,30,31,34)/t16-,24?/m0/s1. The number of rotatable bonds is 6. The van der Waals surface area contributed by atoms with Crippen LogP contribution in [0.5, 0.6) is 0 Å². The zero-order chi connectivity index (χ0) is 24.2. The van der Waals surface area contributed by atoms with E-state index >= 15 is 0 Å². The first-order valence-corrected chi connectivity index (χ1v) is 11.8. The fourth-order valence-electron chi connectivity index (χ4n) is 4.06. The molecule has 0 saturated heterocycles. The van der Waals surface area contributed by atoms with Crippen LogP contribution in [0.15, 0.2) is 66.7 Å². The highest BCUT2D eigenvalue weighted by molar-refractivity contribution is 6.35. The van der Waals surface area contributed by atoms with Crippen molar-refractivity contribution in [2.45, 2.75) is 38.5 Å². The summed E-state index contributed by atoms with van der Waals surface area (Å²) in [5.74, 6) is -0.147. The van der Waals surface area contributed by atoms with Gasteiger partial charge in [-0.25, -0.2) is 4.79 Å². The molecule has 1 aliphatic rings. The average molecular weight is 497 g/mol. The lowest BCUT2D eigenvalue weighted by molar-refractivity contribution is -0.133. The average Bonchev–Trinajstić information content (AvgIpc) is 3.24. The number of hydrogen-bond donors (Lipinski definition) is 3. The Hall–Kier alpha value is -3.06. The monoisotopic (exact) mass is 496 g/mol. The van der Waals surface area contributed by atoms with E-state index in [2.05, 4.69) is 10.6 Å². The van der Waals surface area contributed by atoms with E-state index in [1.165, 1.54) is 0 Å². The highest BCUT2D eigenvalue weighted by Gasteiger charge is 2.28. The molecule has 0 saturated carbocycles. The molecule has 8 heteroatoms. The molecule has 3 aromatic carbocycles. The Morgan fingerprint density at radius 2 is 1.74 bits per heavy atom. The number of amides is 3. The van der Waals surface area contributed by atoms with Gasteiger partial charge in [0.15, 0.2) is 0 Å². The van der Waals surface area contributed by atoms with Crippen molar-refractivity contribution >= 4 is 40.8 Å². The molecule has 0 radical (unpaired) electrons. The van der Waals surface area contributed by atoms with Crippen LogP contribution in [0, 0.1) is 0 Å². The number of benzene rings is 3. The molecule has 0 aromatic heterocycles. The lowest BCUT2D eigenvalue weighted by Gasteiger charge is -2.20. The van der Waals surface area contributed by atoms with Gasteiger partial charge in [0.05, 0.1) is 12.1 Å². The van der Waals surface area contributed by atoms with Gasteiger partial charge in [0.2, 0.25) is 5.91 Å². The van der Waals surface area contributed by atoms with Gasteiger partial charge < -0.3 is 21.3 Å². The SMILES string of the molecule is C[C@H](NC(=O)Nc1ccc2c(c1)CN(C(=O)C(N)Cc1ccc(Cl)cc1Cl)C2)c1ccccc1. The molecule has 1 aliphatic heterocycles. The van der Waals surface area contributed by atoms with Gasteiger partial charge >= 0.3 is 6.03 Å². The Balaban J connectivity index is 1.35. The van der Waals surface area contributed by atoms with E-state index in [0.717, 1.165) is 22.3 Å². The molecule has 0 fully saturated rings. The fraction of sp³-hybridized carbons (Fsp3) is 0.231. The van der Waals surface area contributed by atoms with Crippen molar-refractivity contribution in [3.63, 3.8) is 0 Å². The molecule has 0 aliphatic carbocycles. The quantitative estimate of drug-likeness (QED) is 0.433. The minimum atomic E-state index is -0.712. The molecule has 0 bridgehead atoms. The number of halogens is 2. The maximum absolute atomic E-state index is 13.0. The van der Waals surface area contributed by atoms with E-state index < -0.39 is 6.04 Å². The summed E-state index contributed by atoms with van der Waals surface area (Å²) < 4.78 is 0. The molecule has 4 N–H and O–H groups in total. The van der Waals surface area contributed by atoms with E-state index in [1.54, 1.807) is 23.1 Å². The largest absolute Gasteiger partial charge is 0.333 e. The molecule has 3 aromatic rings. The van der Waals surface area contributed by atoms with E-state index in [1.807, 2.05) is 55.5 Å². The molecule has 1 heterocycles. The summed E-state index contributed by atoms with van der Waals surface area (Å²) in [6.07, 6.45) is 0.328. The molecular weight excluding hydrogens is 471 g/mol. The first-order valence-electron chi connectivity index (χ1n) is 11.0. The summed E-state index contributed by atoms with van der Waals surface area (Å²) in [4.78, 5) is 27.1. The van der Waals surface area contributed by atoms with Gasteiger partial charge in [-0.15, -0.1) is 0 Å². The summed E-state index contributed by atoms with van der Waals surface area (Å²) in [6, 6.07) is 19.5. The van der Waals surface area contributed by atoms with Crippen LogP contribution in [-0.4, -0.2) is 22.9 Å². The minimum absolute atomic E-state index is 0.126. The second kappa shape index (κ2) is 10.5. The summed E-state index contributed by atoms with van der Waals surface area (Å²) in [6.45, 7) is 2.85. The van der Waals surface area contributed by atoms with E-state index in [4.69, 9.17) is 28.9 Å². The predicted octanol–water partition coefficient (Wildman–Crippen LogP) is 5.29. The van der Waals surface area contributed by atoms with E-state index in [9.17, 15) is 9.59 Å². The summed E-state index contributed by atoms with van der Waals surface area (Å²) in [5.41, 5.74) is 10.7. The number of fused-ring (bicyclic) bond motifs is 1. The zero-order valence-corrected chi connectivity index (χ0v) is 20.2. The van der Waals surface area contributed by atoms with Gasteiger partial charge in [0.25, 0.3) is 0 Å². The Kier molecular flexibility index (Phi) is 7.41. The number of carbonyl (C=O) groups excluding carboxylic acids is 2. The van der Waals surface area contributed by atoms with Crippen LogP contribution in [0.1, 0.15) is 35.2 Å². The zero-order valence-electron chi connectivity index (χ0n) is 18.7. The lowest BCUT2D eigenvalue weighted by atomic mass is 10.1. The molecule has 0 spiro atoms. The lowest BCUT2D eigenvalue weighted by Crippen LogP contribution is -2.42. The molecule has 6 nitrogen and oxygen atoms in total. The van der Waals surface area contributed by atoms with Crippen LogP contribution in [0.2, 0.25) is 10.0 Å². The van der Waals surface area contributed by atoms with Gasteiger partial charge in [-0.3, -0.25) is 4.79 Å². The third kappa shape index (κ3) is 5.70. The minimum Gasteiger partial charge on any atom is -0.333 e. The van der Waals surface area contributed by atoms with Gasteiger partial charge in [-0.05, 0) is 59.9 Å². The van der Waals surface area contributed by atoms with Crippen LogP contribution in [0.3, 0.4) is 0 Å². The summed E-state index contributed by atoms with van der Waals surface area (Å²) in [5, 5.41) is 6.85. The second-order valence-corrected chi connectivity index (χ2v) is 9.30. The maximum Gasteiger partial charge on any atom is 0.319 e. The molecule has 2 atom stereocenters. The van der Waals surface area contributed by atoms with Crippen molar-refractivity contribution < 1.29 is 9.59 Å². The smallest absolute Gasteiger partial charge is 0.319 e. The van der Waals surface area contributed by atoms with Crippen LogP contribution < -0.4 is 16.4 Å². The van der Waals surface area contributed by atoms with Crippen molar-refractivity contribution in [1.29, 1.82) is 0 Å². The molecular formula is C26H26Cl2N4O2. The van der Waals surface area contributed by atoms with Crippen LogP contribution in [0.25, 0.3) is 0 Å². The Morgan fingerprint density at radius 1 is 1.00 bits per heavy atom. The number of nitrogens with one attached hydrogen (secondary N) is 2. The van der Waals surface area contributed by atoms with E-state index in [-0.39, 0.29) is 18.0 Å². The first kappa shape index (κ1) is 24.1. The normalized spacial score (nSPS) is 14.3. The fourth-order valence-corrected chi connectivity index (χ4v) is 4.55. The van der Waals surface area contributed by atoms with Crippen molar-refractivity contribution in [2.75, 3.05) is 5.32 Å². The number of urea groups is 1. The van der Waals surface area contributed by atoms with Gasteiger partial charge in [0, 0.05) is 28.8 Å². The van der Waals surface area contributed by atoms with Gasteiger partial charge in [0.1, 0.15) is 0 Å². The first-order chi connectivity index (χ1) is 16.3. The highest BCUT2D eigenvalue weighted by Crippen LogP contribution is 2.27. The summed E-state index contributed by atoms with van der Waals surface area (Å²) in [7, 11) is 0. The number of nitrogens with two attached hydrogens (primary N) is 1. The molecule has 4 rings (SSSR count). The molecule has 34 heavy (non-hydrogen) atoms. The maximum atomic E-state index is 13.0. The van der Waals surface area contributed by atoms with Crippen LogP contribution in [0.4, 0.5) is 10.5 Å². The number of hydrogen-bond acceptors (Lipinski definition) is 3. The highest BCUT2D eigenvalue weighted by atomic mass is 35.5. The Morgan fingerprint density at radius 3 is 2.47 bits per heavy atom. The third-order valence-corrected chi connectivity index (χ3v) is 6.50. The van der Waals surface area contributed by atoms with Crippen molar-refractivity contribution in [3.8, 4) is 0 Å². The van der Waals surface area contributed by atoms with Gasteiger partial charge in [-0.1, -0.05) is 65.7 Å². The number of nitrogens with zero attached hydrogens (tertiary/aromatic N) is 1. The topological polar surface area (TPSA) is 87.5 Å². The van der Waals surface area contributed by atoms with Crippen LogP contribution >= 0.6 is 23.2 Å². The third-order valence-electron chi connectivity index (χ3n) is 5.92. The predicted molar refractivity (Wildman–Crippen MR) is 136 cm³/mol. The van der Waals surface area contributed by atoms with Crippen molar-refractivity contribution in [2.24, 2.45) is 5.73 Å². The van der Waals surface area contributed by atoms with Gasteiger partial charge in [-0.2, -0.15) is 0 Å². The van der Waals surface area contributed by atoms with E-state index in [0.29, 0.717) is 35.2 Å². The van der Waals surface area contributed by atoms with Crippen molar-refractivity contribution in [3.05, 3.63) is 99.0 Å². The Labute approximate surface area is 209 Å². The van der Waals surface area contributed by atoms with Crippen LogP contribution in [-0.2, 0) is 24.3 Å². The van der Waals surface area contributed by atoms with Crippen molar-refractivity contribution in [1.82, 2.24) is 10.2 Å².